The number of carbonyl (C=O) groups is 1. The maximum absolute atomic E-state index is 10.8. The summed E-state index contributed by atoms with van der Waals surface area (Å²) in [4.78, 5) is 20.8. The van der Waals surface area contributed by atoms with Crippen LogP contribution >= 0.6 is 0 Å². The second-order valence-electron chi connectivity index (χ2n) is 3.37. The third-order valence-corrected chi connectivity index (χ3v) is 2.18. The summed E-state index contributed by atoms with van der Waals surface area (Å²) in [5.41, 5.74) is 0.0910. The number of aromatic nitrogens is 1. The largest absolute Gasteiger partial charge is 0.478 e. The summed E-state index contributed by atoms with van der Waals surface area (Å²) >= 11 is 0. The number of rotatable bonds is 5. The molecule has 0 aliphatic rings. The van der Waals surface area contributed by atoms with E-state index in [9.17, 15) is 14.9 Å². The fraction of sp³-hybridized carbons (Fsp3) is 0.0909. The molecule has 1 aromatic heterocycles. The Morgan fingerprint density at radius 2 is 2.28 bits per heavy atom. The number of ether oxygens (including phenoxy) is 1. The van der Waals surface area contributed by atoms with E-state index < -0.39 is 4.92 Å². The molecule has 1 aromatic carbocycles. The molecule has 0 atom stereocenters. The van der Waals surface area contributed by atoms with E-state index in [1.807, 2.05) is 0 Å². The van der Waals surface area contributed by atoms with E-state index in [0.29, 0.717) is 17.6 Å². The lowest BCUT2D eigenvalue weighted by Crippen LogP contribution is -1.99. The molecule has 18 heavy (non-hydrogen) atoms. The maximum Gasteiger partial charge on any atom is 0.310 e. The fourth-order valence-electron chi connectivity index (χ4n) is 1.34. The zero-order valence-electron chi connectivity index (χ0n) is 9.11. The Kier molecular flexibility index (Phi) is 3.33. The standard InChI is InChI=1S/C11H8N2O5/c14-6-8-1-2-10(13(15)16)11(5-8)17-7-9-3-4-12-18-9/h1-6H,7H2. The molecule has 0 amide bonds. The van der Waals surface area contributed by atoms with Crippen molar-refractivity contribution in [1.29, 1.82) is 0 Å². The van der Waals surface area contributed by atoms with Gasteiger partial charge in [0.1, 0.15) is 12.9 Å². The minimum atomic E-state index is -0.579. The van der Waals surface area contributed by atoms with Crippen LogP contribution in [-0.2, 0) is 6.61 Å². The Morgan fingerprint density at radius 1 is 1.44 bits per heavy atom. The number of nitro benzene ring substituents is 1. The lowest BCUT2D eigenvalue weighted by molar-refractivity contribution is -0.386. The van der Waals surface area contributed by atoms with Gasteiger partial charge in [-0.1, -0.05) is 5.16 Å². The average molecular weight is 248 g/mol. The number of nitrogens with zero attached hydrogens (tertiary/aromatic N) is 2. The summed E-state index contributed by atoms with van der Waals surface area (Å²) in [6, 6.07) is 5.46. The van der Waals surface area contributed by atoms with Crippen LogP contribution in [-0.4, -0.2) is 16.4 Å². The molecule has 0 spiro atoms. The van der Waals surface area contributed by atoms with Crippen LogP contribution in [0.3, 0.4) is 0 Å². The molecule has 2 aromatic rings. The lowest BCUT2D eigenvalue weighted by Gasteiger charge is -2.05. The molecule has 0 N–H and O–H groups in total. The predicted molar refractivity (Wildman–Crippen MR) is 59.3 cm³/mol. The highest BCUT2D eigenvalue weighted by Crippen LogP contribution is 2.28. The van der Waals surface area contributed by atoms with Crippen molar-refractivity contribution in [3.8, 4) is 5.75 Å². The van der Waals surface area contributed by atoms with Crippen LogP contribution in [0, 0.1) is 10.1 Å². The molecule has 7 nitrogen and oxygen atoms in total. The van der Waals surface area contributed by atoms with Gasteiger partial charge in [0.05, 0.1) is 11.1 Å². The molecule has 0 fully saturated rings. The molecule has 0 unspecified atom stereocenters. The molecule has 0 saturated heterocycles. The first-order valence-electron chi connectivity index (χ1n) is 4.96. The van der Waals surface area contributed by atoms with E-state index in [-0.39, 0.29) is 18.0 Å². The monoisotopic (exact) mass is 248 g/mol. The first kappa shape index (κ1) is 11.8. The number of hydrogen-bond donors (Lipinski definition) is 0. The van der Waals surface area contributed by atoms with Gasteiger partial charge in [0.2, 0.25) is 0 Å². The third kappa shape index (κ3) is 2.51. The minimum Gasteiger partial charge on any atom is -0.478 e. The van der Waals surface area contributed by atoms with Gasteiger partial charge in [-0.15, -0.1) is 0 Å². The highest BCUT2D eigenvalue weighted by Gasteiger charge is 2.16. The molecule has 0 bridgehead atoms. The van der Waals surface area contributed by atoms with Crippen LogP contribution in [0.25, 0.3) is 0 Å². The second kappa shape index (κ2) is 5.09. The topological polar surface area (TPSA) is 95.5 Å². The van der Waals surface area contributed by atoms with Crippen molar-refractivity contribution in [3.05, 3.63) is 51.9 Å². The van der Waals surface area contributed by atoms with Crippen LogP contribution < -0.4 is 4.74 Å². The van der Waals surface area contributed by atoms with Crippen molar-refractivity contribution < 1.29 is 19.0 Å². The minimum absolute atomic E-state index is 0.00313. The van der Waals surface area contributed by atoms with E-state index in [0.717, 1.165) is 0 Å². The van der Waals surface area contributed by atoms with Gasteiger partial charge in [0, 0.05) is 17.7 Å². The van der Waals surface area contributed by atoms with Gasteiger partial charge in [0.25, 0.3) is 0 Å². The Morgan fingerprint density at radius 3 is 2.89 bits per heavy atom. The van der Waals surface area contributed by atoms with E-state index >= 15 is 0 Å². The molecule has 1 heterocycles. The highest BCUT2D eigenvalue weighted by atomic mass is 16.6. The summed E-state index contributed by atoms with van der Waals surface area (Å²) in [7, 11) is 0. The number of carbonyl (C=O) groups excluding carboxylic acids is 1. The molecule has 0 aliphatic carbocycles. The molecule has 0 radical (unpaired) electrons. The molecule has 0 aliphatic heterocycles. The van der Waals surface area contributed by atoms with Gasteiger partial charge in [0.15, 0.2) is 11.5 Å². The number of aldehydes is 1. The average Bonchev–Trinajstić information content (AvgIpc) is 2.88. The normalized spacial score (nSPS) is 10.0. The number of hydrogen-bond acceptors (Lipinski definition) is 6. The molecule has 92 valence electrons. The van der Waals surface area contributed by atoms with Crippen molar-refractivity contribution in [2.75, 3.05) is 0 Å². The molecular weight excluding hydrogens is 240 g/mol. The smallest absolute Gasteiger partial charge is 0.310 e. The Balaban J connectivity index is 2.23. The summed E-state index contributed by atoms with van der Waals surface area (Å²) in [5, 5.41) is 14.3. The first-order chi connectivity index (χ1) is 8.70. The van der Waals surface area contributed by atoms with Gasteiger partial charge in [-0.25, -0.2) is 0 Å². The van der Waals surface area contributed by atoms with E-state index in [1.165, 1.54) is 24.4 Å². The van der Waals surface area contributed by atoms with Crippen LogP contribution in [0.1, 0.15) is 16.1 Å². The summed E-state index contributed by atoms with van der Waals surface area (Å²) < 4.78 is 10.0. The van der Waals surface area contributed by atoms with Crippen LogP contribution in [0.5, 0.6) is 5.75 Å². The molecule has 2 rings (SSSR count). The van der Waals surface area contributed by atoms with Gasteiger partial charge in [-0.2, -0.15) is 0 Å². The Hall–Kier alpha value is -2.70. The second-order valence-corrected chi connectivity index (χ2v) is 3.37. The van der Waals surface area contributed by atoms with Gasteiger partial charge < -0.3 is 9.26 Å². The zero-order chi connectivity index (χ0) is 13.0. The van der Waals surface area contributed by atoms with Gasteiger partial charge in [-0.05, 0) is 12.1 Å². The quantitative estimate of drug-likeness (QED) is 0.456. The Bertz CT molecular complexity index is 565. The highest BCUT2D eigenvalue weighted by molar-refractivity contribution is 5.76. The van der Waals surface area contributed by atoms with Crippen molar-refractivity contribution in [2.45, 2.75) is 6.61 Å². The third-order valence-electron chi connectivity index (χ3n) is 2.18. The SMILES string of the molecule is O=Cc1ccc([N+](=O)[O-])c(OCc2ccno2)c1. The number of benzene rings is 1. The molecular formula is C11H8N2O5. The van der Waals surface area contributed by atoms with E-state index in [4.69, 9.17) is 9.26 Å². The summed E-state index contributed by atoms with van der Waals surface area (Å²) in [6.07, 6.45) is 2.03. The van der Waals surface area contributed by atoms with Crippen molar-refractivity contribution in [1.82, 2.24) is 5.16 Å². The van der Waals surface area contributed by atoms with Crippen LogP contribution in [0.4, 0.5) is 5.69 Å². The van der Waals surface area contributed by atoms with E-state index in [2.05, 4.69) is 5.16 Å². The number of nitro groups is 1. The van der Waals surface area contributed by atoms with Gasteiger partial charge >= 0.3 is 5.69 Å². The van der Waals surface area contributed by atoms with Crippen molar-refractivity contribution >= 4 is 12.0 Å². The van der Waals surface area contributed by atoms with Crippen LogP contribution in [0.2, 0.25) is 0 Å². The zero-order valence-corrected chi connectivity index (χ0v) is 9.11. The molecule has 0 saturated carbocycles. The van der Waals surface area contributed by atoms with E-state index in [1.54, 1.807) is 6.07 Å². The van der Waals surface area contributed by atoms with Crippen molar-refractivity contribution in [3.63, 3.8) is 0 Å². The van der Waals surface area contributed by atoms with Gasteiger partial charge in [-0.3, -0.25) is 14.9 Å². The Labute approximate surface area is 101 Å². The maximum atomic E-state index is 10.8. The fourth-order valence-corrected chi connectivity index (χ4v) is 1.34. The van der Waals surface area contributed by atoms with Crippen LogP contribution in [0.15, 0.2) is 35.0 Å². The van der Waals surface area contributed by atoms with Crippen molar-refractivity contribution in [2.24, 2.45) is 0 Å². The molecule has 7 heteroatoms. The first-order valence-corrected chi connectivity index (χ1v) is 4.96. The summed E-state index contributed by atoms with van der Waals surface area (Å²) in [6.45, 7) is 0.00313. The lowest BCUT2D eigenvalue weighted by atomic mass is 10.2. The summed E-state index contributed by atoms with van der Waals surface area (Å²) in [5.74, 6) is 0.446. The predicted octanol–water partition coefficient (Wildman–Crippen LogP) is 1.97.